The summed E-state index contributed by atoms with van der Waals surface area (Å²) in [6.07, 6.45) is 1.61. The number of hydrogen-bond acceptors (Lipinski definition) is 2. The van der Waals surface area contributed by atoms with Crippen molar-refractivity contribution in [3.8, 4) is 0 Å². The molecule has 4 nitrogen and oxygen atoms in total. The van der Waals surface area contributed by atoms with Gasteiger partial charge in [0.15, 0.2) is 0 Å². The Hall–Kier alpha value is -1.98. The lowest BCUT2D eigenvalue weighted by Gasteiger charge is -2.38. The molecule has 6 heteroatoms. The van der Waals surface area contributed by atoms with Crippen LogP contribution in [0.2, 0.25) is 0 Å². The number of halogens is 2. The highest BCUT2D eigenvalue weighted by atomic mass is 19.1. The van der Waals surface area contributed by atoms with Crippen LogP contribution in [0.3, 0.4) is 0 Å². The second-order valence-corrected chi connectivity index (χ2v) is 5.72. The molecule has 0 aromatic heterocycles. The van der Waals surface area contributed by atoms with Crippen molar-refractivity contribution in [2.24, 2.45) is 5.41 Å². The summed E-state index contributed by atoms with van der Waals surface area (Å²) in [6.45, 7) is 1.77. The first-order valence-corrected chi connectivity index (χ1v) is 7.33. The first-order chi connectivity index (χ1) is 10.4. The average molecular weight is 311 g/mol. The molecule has 1 aliphatic rings. The summed E-state index contributed by atoms with van der Waals surface area (Å²) < 4.78 is 27.4. The lowest BCUT2D eigenvalue weighted by molar-refractivity contribution is -0.159. The summed E-state index contributed by atoms with van der Waals surface area (Å²) >= 11 is 0. The molecular weight excluding hydrogens is 292 g/mol. The molecule has 2 rings (SSSR count). The molecule has 0 bridgehead atoms. The van der Waals surface area contributed by atoms with Crippen molar-refractivity contribution >= 4 is 11.9 Å². The highest BCUT2D eigenvalue weighted by Crippen LogP contribution is 2.44. The molecule has 1 aliphatic carbocycles. The molecule has 22 heavy (non-hydrogen) atoms. The molecule has 0 aliphatic heterocycles. The molecule has 1 saturated carbocycles. The van der Waals surface area contributed by atoms with E-state index in [0.29, 0.717) is 12.8 Å². The zero-order valence-corrected chi connectivity index (χ0v) is 12.4. The summed E-state index contributed by atoms with van der Waals surface area (Å²) in [4.78, 5) is 25.0. The number of rotatable bonds is 6. The average Bonchev–Trinajstić information content (AvgIpc) is 2.42. The second-order valence-electron chi connectivity index (χ2n) is 5.72. The summed E-state index contributed by atoms with van der Waals surface area (Å²) in [6, 6.07) is 3.54. The van der Waals surface area contributed by atoms with Gasteiger partial charge in [-0.05, 0) is 31.9 Å². The Morgan fingerprint density at radius 1 is 1.27 bits per heavy atom. The molecule has 1 fully saturated rings. The number of carbonyl (C=O) groups excluding carboxylic acids is 1. The summed E-state index contributed by atoms with van der Waals surface area (Å²) in [5.41, 5.74) is -1.17. The third-order valence-electron chi connectivity index (χ3n) is 4.40. The van der Waals surface area contributed by atoms with Crippen molar-refractivity contribution in [2.75, 3.05) is 6.54 Å². The van der Waals surface area contributed by atoms with Gasteiger partial charge >= 0.3 is 5.97 Å². The normalized spacial score (nSPS) is 16.0. The zero-order chi connectivity index (χ0) is 16.3. The molecule has 120 valence electrons. The fourth-order valence-corrected chi connectivity index (χ4v) is 2.72. The lowest BCUT2D eigenvalue weighted by atomic mass is 9.66. The van der Waals surface area contributed by atoms with Gasteiger partial charge in [0.2, 0.25) is 5.91 Å². The minimum absolute atomic E-state index is 0.119. The fraction of sp³-hybridized carbons (Fsp3) is 0.500. The van der Waals surface area contributed by atoms with Gasteiger partial charge < -0.3 is 10.0 Å². The van der Waals surface area contributed by atoms with E-state index in [1.807, 2.05) is 0 Å². The Balaban J connectivity index is 2.11. The minimum atomic E-state index is -1.00. The first-order valence-electron chi connectivity index (χ1n) is 7.33. The van der Waals surface area contributed by atoms with Crippen LogP contribution in [0, 0.1) is 17.0 Å². The zero-order valence-electron chi connectivity index (χ0n) is 12.4. The van der Waals surface area contributed by atoms with Crippen LogP contribution in [0.25, 0.3) is 0 Å². The van der Waals surface area contributed by atoms with Gasteiger partial charge in [-0.3, -0.25) is 9.59 Å². The predicted molar refractivity (Wildman–Crippen MR) is 76.0 cm³/mol. The van der Waals surface area contributed by atoms with Gasteiger partial charge in [0.1, 0.15) is 11.6 Å². The van der Waals surface area contributed by atoms with E-state index in [4.69, 9.17) is 0 Å². The van der Waals surface area contributed by atoms with Crippen molar-refractivity contribution in [3.63, 3.8) is 0 Å². The molecule has 1 N–H and O–H groups in total. The van der Waals surface area contributed by atoms with Crippen LogP contribution in [0.4, 0.5) is 8.78 Å². The maximum Gasteiger partial charge on any atom is 0.310 e. The fourth-order valence-electron chi connectivity index (χ4n) is 2.72. The van der Waals surface area contributed by atoms with E-state index < -0.39 is 23.0 Å². The summed E-state index contributed by atoms with van der Waals surface area (Å²) in [5.74, 6) is -2.77. The number of carbonyl (C=O) groups is 2. The van der Waals surface area contributed by atoms with Gasteiger partial charge in [-0.15, -0.1) is 0 Å². The van der Waals surface area contributed by atoms with Gasteiger partial charge in [0.05, 0.1) is 12.0 Å². The molecule has 1 aromatic rings. The van der Waals surface area contributed by atoms with Gasteiger partial charge in [-0.25, -0.2) is 8.78 Å². The number of nitrogens with zero attached hydrogens (tertiary/aromatic N) is 1. The number of carboxylic acids is 1. The van der Waals surface area contributed by atoms with Crippen molar-refractivity contribution in [1.82, 2.24) is 4.90 Å². The third-order valence-corrected chi connectivity index (χ3v) is 4.40. The topological polar surface area (TPSA) is 57.6 Å². The maximum atomic E-state index is 13.7. The number of carboxylic acid groups (broad SMARTS) is 1. The Labute approximate surface area is 127 Å². The maximum absolute atomic E-state index is 13.7. The van der Waals surface area contributed by atoms with Gasteiger partial charge in [-0.1, -0.05) is 12.5 Å². The Kier molecular flexibility index (Phi) is 4.78. The first kappa shape index (κ1) is 16.4. The van der Waals surface area contributed by atoms with Crippen molar-refractivity contribution < 1.29 is 23.5 Å². The van der Waals surface area contributed by atoms with E-state index in [2.05, 4.69) is 0 Å². The lowest BCUT2D eigenvalue weighted by Crippen LogP contribution is -2.43. The second kappa shape index (κ2) is 6.42. The Morgan fingerprint density at radius 2 is 1.86 bits per heavy atom. The molecule has 0 saturated heterocycles. The molecule has 0 heterocycles. The van der Waals surface area contributed by atoms with Crippen LogP contribution < -0.4 is 0 Å². The molecule has 0 atom stereocenters. The van der Waals surface area contributed by atoms with E-state index >= 15 is 0 Å². The summed E-state index contributed by atoms with van der Waals surface area (Å²) in [7, 11) is 0. The van der Waals surface area contributed by atoms with Crippen molar-refractivity contribution in [3.05, 3.63) is 35.4 Å². The van der Waals surface area contributed by atoms with E-state index in [1.54, 1.807) is 6.92 Å². The predicted octanol–water partition coefficient (Wildman–Crippen LogP) is 2.96. The SMILES string of the molecule is CCN(Cc1c(F)cccc1F)C(=O)CC1(C(=O)O)CCC1. The Morgan fingerprint density at radius 3 is 2.27 bits per heavy atom. The van der Waals surface area contributed by atoms with Crippen molar-refractivity contribution in [1.29, 1.82) is 0 Å². The number of hydrogen-bond donors (Lipinski definition) is 1. The van der Waals surface area contributed by atoms with Gasteiger partial charge in [0.25, 0.3) is 0 Å². The highest BCUT2D eigenvalue weighted by molar-refractivity contribution is 5.85. The van der Waals surface area contributed by atoms with Crippen LogP contribution in [-0.2, 0) is 16.1 Å². The number of benzene rings is 1. The number of amides is 1. The van der Waals surface area contributed by atoms with Crippen LogP contribution in [0.15, 0.2) is 18.2 Å². The molecule has 0 spiro atoms. The van der Waals surface area contributed by atoms with Gasteiger partial charge in [0, 0.05) is 18.5 Å². The molecule has 0 radical (unpaired) electrons. The van der Waals surface area contributed by atoms with Gasteiger partial charge in [-0.2, -0.15) is 0 Å². The summed E-state index contributed by atoms with van der Waals surface area (Å²) in [5, 5.41) is 9.27. The van der Waals surface area contributed by atoms with Crippen LogP contribution in [0.1, 0.15) is 38.2 Å². The van der Waals surface area contributed by atoms with Crippen molar-refractivity contribution in [2.45, 2.75) is 39.2 Å². The van der Waals surface area contributed by atoms with E-state index in [1.165, 1.54) is 11.0 Å². The third kappa shape index (κ3) is 3.10. The number of aliphatic carboxylic acids is 1. The monoisotopic (exact) mass is 311 g/mol. The molecular formula is C16H19F2NO3. The van der Waals surface area contributed by atoms with E-state index in [0.717, 1.165) is 18.6 Å². The van der Waals surface area contributed by atoms with E-state index in [9.17, 15) is 23.5 Å². The smallest absolute Gasteiger partial charge is 0.310 e. The minimum Gasteiger partial charge on any atom is -0.481 e. The molecule has 0 unspecified atom stereocenters. The van der Waals surface area contributed by atoms with Crippen LogP contribution in [0.5, 0.6) is 0 Å². The Bertz CT molecular complexity index is 565. The standard InChI is InChI=1S/C16H19F2NO3/c1-2-19(10-11-12(17)5-3-6-13(11)18)14(20)9-16(15(21)22)7-4-8-16/h3,5-6H,2,4,7-10H2,1H3,(H,21,22). The quantitative estimate of drug-likeness (QED) is 0.878. The van der Waals surface area contributed by atoms with Crippen LogP contribution >= 0.6 is 0 Å². The van der Waals surface area contributed by atoms with Crippen LogP contribution in [-0.4, -0.2) is 28.4 Å². The molecule has 1 amide bonds. The largest absolute Gasteiger partial charge is 0.481 e. The highest BCUT2D eigenvalue weighted by Gasteiger charge is 2.46. The van der Waals surface area contributed by atoms with E-state index in [-0.39, 0.29) is 31.0 Å². The molecule has 1 aromatic carbocycles.